The number of carbonyl (C=O) groups is 2. The van der Waals surface area contributed by atoms with Crippen LogP contribution in [0.3, 0.4) is 0 Å². The van der Waals surface area contributed by atoms with Crippen molar-refractivity contribution in [3.05, 3.63) is 89.3 Å². The van der Waals surface area contributed by atoms with E-state index >= 15 is 0 Å². The van der Waals surface area contributed by atoms with Crippen molar-refractivity contribution in [2.75, 3.05) is 0 Å². The Balaban J connectivity index is 1.59. The number of hydrogen-bond acceptors (Lipinski definition) is 7. The lowest BCUT2D eigenvalue weighted by Crippen LogP contribution is -2.12. The second-order valence-electron chi connectivity index (χ2n) is 6.95. The molecule has 0 aliphatic rings. The molecule has 0 radical (unpaired) electrons. The minimum atomic E-state index is -0.305. The van der Waals surface area contributed by atoms with Crippen LogP contribution in [0.1, 0.15) is 44.0 Å². The monoisotopic (exact) mass is 401 g/mol. The van der Waals surface area contributed by atoms with E-state index in [-0.39, 0.29) is 18.0 Å². The van der Waals surface area contributed by atoms with Crippen LogP contribution in [0.2, 0.25) is 0 Å². The quantitative estimate of drug-likeness (QED) is 0.329. The number of carbonyl (C=O) groups excluding carboxylic acids is 2. The Morgan fingerprint density at radius 2 is 1.80 bits per heavy atom. The maximum absolute atomic E-state index is 12.9. The first-order valence-electron chi connectivity index (χ1n) is 9.37. The van der Waals surface area contributed by atoms with E-state index < -0.39 is 0 Å². The first-order valence-corrected chi connectivity index (χ1v) is 9.37. The molecule has 9 nitrogen and oxygen atoms in total. The number of nitrogens with zero attached hydrogens (tertiary/aromatic N) is 7. The lowest BCUT2D eigenvalue weighted by atomic mass is 9.99. The second-order valence-corrected chi connectivity index (χ2v) is 6.95. The third-order valence-corrected chi connectivity index (χ3v) is 4.52. The molecule has 0 aliphatic carbocycles. The van der Waals surface area contributed by atoms with Gasteiger partial charge in [-0.05, 0) is 59.2 Å². The van der Waals surface area contributed by atoms with Gasteiger partial charge in [-0.15, -0.1) is 10.2 Å². The number of ketones is 2. The highest BCUT2D eigenvalue weighted by Crippen LogP contribution is 2.16. The average Bonchev–Trinajstić information content (AvgIpc) is 3.42. The van der Waals surface area contributed by atoms with Gasteiger partial charge in [-0.3, -0.25) is 19.3 Å². The molecule has 150 valence electrons. The summed E-state index contributed by atoms with van der Waals surface area (Å²) < 4.78 is 1.77. The molecule has 0 amide bonds. The first kappa shape index (κ1) is 19.3. The van der Waals surface area contributed by atoms with Crippen LogP contribution >= 0.6 is 0 Å². The van der Waals surface area contributed by atoms with E-state index in [2.05, 4.69) is 25.5 Å². The molecule has 0 saturated carbocycles. The Labute approximate surface area is 172 Å². The number of aromatic nitrogens is 7. The highest BCUT2D eigenvalue weighted by Gasteiger charge is 2.17. The van der Waals surface area contributed by atoms with E-state index in [9.17, 15) is 9.59 Å². The van der Waals surface area contributed by atoms with Gasteiger partial charge in [0.05, 0.1) is 19.5 Å². The molecule has 0 unspecified atom stereocenters. The average molecular weight is 401 g/mol. The summed E-state index contributed by atoms with van der Waals surface area (Å²) in [4.78, 5) is 30.9. The number of tetrazole rings is 1. The molecule has 3 heterocycles. The van der Waals surface area contributed by atoms with Crippen molar-refractivity contribution < 1.29 is 9.59 Å². The zero-order valence-electron chi connectivity index (χ0n) is 16.3. The van der Waals surface area contributed by atoms with Crippen molar-refractivity contribution in [1.29, 1.82) is 0 Å². The SMILES string of the molecule is Cc1ccnc(C(=O)CC(=O)c2cc(Cn3cccn3)cc(Cn3ncnn3)c2)c1. The predicted octanol–water partition coefficient (Wildman–Crippen LogP) is 2.13. The molecule has 30 heavy (non-hydrogen) atoms. The van der Waals surface area contributed by atoms with E-state index in [1.54, 1.807) is 35.3 Å². The van der Waals surface area contributed by atoms with E-state index in [0.717, 1.165) is 16.7 Å². The molecule has 3 aromatic heterocycles. The molecule has 4 rings (SSSR count). The predicted molar refractivity (Wildman–Crippen MR) is 107 cm³/mol. The maximum Gasteiger partial charge on any atom is 0.188 e. The van der Waals surface area contributed by atoms with Gasteiger partial charge in [0.15, 0.2) is 17.9 Å². The minimum Gasteiger partial charge on any atom is -0.294 e. The number of Topliss-reactive ketones (excluding diaryl/α,β-unsaturated/α-hetero) is 2. The van der Waals surface area contributed by atoms with Crippen molar-refractivity contribution in [3.8, 4) is 0 Å². The fourth-order valence-corrected chi connectivity index (χ4v) is 3.14. The third-order valence-electron chi connectivity index (χ3n) is 4.52. The van der Waals surface area contributed by atoms with Gasteiger partial charge in [0, 0.05) is 24.2 Å². The van der Waals surface area contributed by atoms with Crippen LogP contribution in [0, 0.1) is 6.92 Å². The summed E-state index contributed by atoms with van der Waals surface area (Å²) in [6.45, 7) is 2.74. The van der Waals surface area contributed by atoms with Crippen molar-refractivity contribution >= 4 is 11.6 Å². The smallest absolute Gasteiger partial charge is 0.188 e. The Hall–Kier alpha value is -4.01. The van der Waals surface area contributed by atoms with Gasteiger partial charge in [0.1, 0.15) is 5.69 Å². The summed E-state index contributed by atoms with van der Waals surface area (Å²) in [6, 6.07) is 10.8. The summed E-state index contributed by atoms with van der Waals surface area (Å²) in [6.07, 6.45) is 6.22. The number of aryl methyl sites for hydroxylation is 1. The fourth-order valence-electron chi connectivity index (χ4n) is 3.14. The van der Waals surface area contributed by atoms with Gasteiger partial charge < -0.3 is 0 Å². The van der Waals surface area contributed by atoms with Gasteiger partial charge in [-0.25, -0.2) is 0 Å². The molecule has 1 aromatic carbocycles. The molecule has 0 N–H and O–H groups in total. The number of pyridine rings is 1. The summed E-state index contributed by atoms with van der Waals surface area (Å²) in [5, 5.41) is 15.8. The van der Waals surface area contributed by atoms with Gasteiger partial charge in [0.2, 0.25) is 0 Å². The van der Waals surface area contributed by atoms with Crippen LogP contribution in [0.25, 0.3) is 0 Å². The van der Waals surface area contributed by atoms with Gasteiger partial charge in [0.25, 0.3) is 0 Å². The topological polar surface area (TPSA) is 108 Å². The normalized spacial score (nSPS) is 10.8. The van der Waals surface area contributed by atoms with Crippen molar-refractivity contribution in [2.45, 2.75) is 26.4 Å². The largest absolute Gasteiger partial charge is 0.294 e. The molecule has 0 atom stereocenters. The maximum atomic E-state index is 12.9. The highest BCUT2D eigenvalue weighted by atomic mass is 16.1. The van der Waals surface area contributed by atoms with Crippen LogP contribution in [0.4, 0.5) is 0 Å². The lowest BCUT2D eigenvalue weighted by Gasteiger charge is -2.10. The minimum absolute atomic E-state index is 0.247. The zero-order chi connectivity index (χ0) is 20.9. The van der Waals surface area contributed by atoms with E-state index in [0.29, 0.717) is 24.3 Å². The number of rotatable bonds is 8. The Kier molecular flexibility index (Phi) is 5.51. The van der Waals surface area contributed by atoms with Gasteiger partial charge in [-0.1, -0.05) is 6.07 Å². The fraction of sp³-hybridized carbons (Fsp3) is 0.190. The molecule has 9 heteroatoms. The summed E-state index contributed by atoms with van der Waals surface area (Å²) in [7, 11) is 0. The van der Waals surface area contributed by atoms with E-state index in [1.165, 1.54) is 11.1 Å². The number of hydrogen-bond donors (Lipinski definition) is 0. The third kappa shape index (κ3) is 4.69. The molecule has 0 spiro atoms. The second kappa shape index (κ2) is 8.56. The Morgan fingerprint density at radius 3 is 2.50 bits per heavy atom. The zero-order valence-corrected chi connectivity index (χ0v) is 16.3. The first-order chi connectivity index (χ1) is 14.6. The number of benzene rings is 1. The Morgan fingerprint density at radius 1 is 0.967 bits per heavy atom. The molecular formula is C21H19N7O2. The van der Waals surface area contributed by atoms with Crippen molar-refractivity contribution in [2.24, 2.45) is 0 Å². The molecule has 0 aliphatic heterocycles. The summed E-state index contributed by atoms with van der Waals surface area (Å²) in [5.41, 5.74) is 3.39. The molecular weight excluding hydrogens is 382 g/mol. The van der Waals surface area contributed by atoms with Gasteiger partial charge in [-0.2, -0.15) is 9.90 Å². The van der Waals surface area contributed by atoms with Crippen LogP contribution in [-0.4, -0.2) is 46.5 Å². The van der Waals surface area contributed by atoms with Crippen LogP contribution in [0.15, 0.2) is 61.3 Å². The molecule has 4 aromatic rings. The summed E-state index contributed by atoms with van der Waals surface area (Å²) >= 11 is 0. The van der Waals surface area contributed by atoms with Crippen LogP contribution in [-0.2, 0) is 13.1 Å². The van der Waals surface area contributed by atoms with E-state index in [1.807, 2.05) is 31.3 Å². The van der Waals surface area contributed by atoms with Crippen LogP contribution < -0.4 is 0 Å². The summed E-state index contributed by atoms with van der Waals surface area (Å²) in [5.74, 6) is -0.570. The molecule has 0 fully saturated rings. The Bertz CT molecular complexity index is 1110. The molecule has 0 saturated heterocycles. The van der Waals surface area contributed by atoms with Gasteiger partial charge >= 0.3 is 0 Å². The molecule has 0 bridgehead atoms. The van der Waals surface area contributed by atoms with E-state index in [4.69, 9.17) is 0 Å². The van der Waals surface area contributed by atoms with Crippen molar-refractivity contribution in [1.82, 2.24) is 35.0 Å². The van der Waals surface area contributed by atoms with Crippen LogP contribution in [0.5, 0.6) is 0 Å². The lowest BCUT2D eigenvalue weighted by molar-refractivity contribution is 0.0891. The highest BCUT2D eigenvalue weighted by molar-refractivity contribution is 6.13. The standard InChI is InChI=1S/C21H19N7O2/c1-15-3-5-22-19(7-15)21(30)11-20(29)18-9-16(12-27-6-2-4-24-27)8-17(10-18)13-28-25-14-23-26-28/h2-10,14H,11-13H2,1H3. The van der Waals surface area contributed by atoms with Crippen molar-refractivity contribution in [3.63, 3.8) is 0 Å².